The summed E-state index contributed by atoms with van der Waals surface area (Å²) >= 11 is 0. The molecule has 0 bridgehead atoms. The van der Waals surface area contributed by atoms with Crippen LogP contribution in [0.1, 0.15) is 6.42 Å². The highest BCUT2D eigenvalue weighted by molar-refractivity contribution is 5.82. The van der Waals surface area contributed by atoms with Crippen LogP contribution in [0.3, 0.4) is 0 Å². The van der Waals surface area contributed by atoms with Crippen molar-refractivity contribution >= 4 is 12.0 Å². The molecular formula is C7H15N3O4. The molecule has 7 nitrogen and oxygen atoms in total. The fourth-order valence-corrected chi connectivity index (χ4v) is 0.780. The lowest BCUT2D eigenvalue weighted by atomic mass is 10.2. The van der Waals surface area contributed by atoms with Crippen molar-refractivity contribution in [3.63, 3.8) is 0 Å². The van der Waals surface area contributed by atoms with Crippen molar-refractivity contribution in [1.82, 2.24) is 15.8 Å². The number of carbonyl (C=O) groups excluding carboxylic acids is 1. The normalized spacial score (nSPS) is 12.3. The summed E-state index contributed by atoms with van der Waals surface area (Å²) in [4.78, 5) is 21.6. The van der Waals surface area contributed by atoms with E-state index in [4.69, 9.17) is 10.2 Å². The lowest BCUT2D eigenvalue weighted by Gasteiger charge is -2.16. The molecule has 0 fully saturated rings. The maximum absolute atomic E-state index is 11.0. The first-order valence-corrected chi connectivity index (χ1v) is 4.05. The summed E-state index contributed by atoms with van der Waals surface area (Å²) in [5, 5.41) is 20.7. The average Bonchev–Trinajstić information content (AvgIpc) is 2.01. The zero-order chi connectivity index (χ0) is 11.1. The van der Waals surface area contributed by atoms with Gasteiger partial charge in [-0.2, -0.15) is 0 Å². The topological polar surface area (TPSA) is 102 Å². The molecule has 0 aliphatic rings. The summed E-state index contributed by atoms with van der Waals surface area (Å²) < 4.78 is 0. The molecule has 4 N–H and O–H groups in total. The molecule has 0 saturated heterocycles. The maximum atomic E-state index is 11.0. The largest absolute Gasteiger partial charge is 0.480 e. The van der Waals surface area contributed by atoms with Gasteiger partial charge in [-0.1, -0.05) is 0 Å². The fourth-order valence-electron chi connectivity index (χ4n) is 0.780. The van der Waals surface area contributed by atoms with E-state index in [0.717, 1.165) is 0 Å². The molecule has 0 rings (SSSR count). The van der Waals surface area contributed by atoms with E-state index >= 15 is 0 Å². The summed E-state index contributed by atoms with van der Waals surface area (Å²) in [6.45, 7) is -0.292. The summed E-state index contributed by atoms with van der Waals surface area (Å²) in [5.41, 5.74) is 2.32. The third kappa shape index (κ3) is 5.33. The predicted octanol–water partition coefficient (Wildman–Crippen LogP) is -1.40. The Balaban J connectivity index is 4.02. The number of aliphatic hydroxyl groups excluding tert-OH is 1. The van der Waals surface area contributed by atoms with Crippen LogP contribution in [0, 0.1) is 0 Å². The van der Waals surface area contributed by atoms with Crippen molar-refractivity contribution in [1.29, 1.82) is 0 Å². The monoisotopic (exact) mass is 205 g/mol. The third-order valence-corrected chi connectivity index (χ3v) is 1.35. The molecule has 7 heteroatoms. The van der Waals surface area contributed by atoms with Gasteiger partial charge in [0.15, 0.2) is 0 Å². The van der Waals surface area contributed by atoms with Gasteiger partial charge in [0.05, 0.1) is 0 Å². The summed E-state index contributed by atoms with van der Waals surface area (Å²) in [5.74, 6) is -1.17. The second-order valence-electron chi connectivity index (χ2n) is 2.88. The van der Waals surface area contributed by atoms with E-state index in [1.807, 2.05) is 0 Å². The minimum Gasteiger partial charge on any atom is -0.480 e. The van der Waals surface area contributed by atoms with Gasteiger partial charge in [0.25, 0.3) is 0 Å². The van der Waals surface area contributed by atoms with Gasteiger partial charge in [0, 0.05) is 27.1 Å². The Bertz CT molecular complexity index is 207. The Morgan fingerprint density at radius 3 is 2.36 bits per heavy atom. The van der Waals surface area contributed by atoms with E-state index in [0.29, 0.717) is 0 Å². The van der Waals surface area contributed by atoms with E-state index < -0.39 is 18.0 Å². The standard InChI is InChI=1S/C7H15N3O4/c1-10(2)9-7(14)8-5(3-4-11)6(12)13/h5,11H,3-4H2,1-2H3,(H,12,13)(H2,8,9,14)/t5-/m1/s1. The Kier molecular flexibility index (Phi) is 5.58. The van der Waals surface area contributed by atoms with Crippen molar-refractivity contribution in [3.05, 3.63) is 0 Å². The van der Waals surface area contributed by atoms with Crippen LogP contribution in [0.5, 0.6) is 0 Å². The van der Waals surface area contributed by atoms with Gasteiger partial charge in [-0.15, -0.1) is 0 Å². The highest BCUT2D eigenvalue weighted by atomic mass is 16.4. The number of hydrogen-bond acceptors (Lipinski definition) is 4. The number of hydrogen-bond donors (Lipinski definition) is 4. The molecular weight excluding hydrogens is 190 g/mol. The summed E-state index contributed by atoms with van der Waals surface area (Å²) in [6, 6.07) is -1.68. The number of amides is 2. The Morgan fingerprint density at radius 1 is 1.43 bits per heavy atom. The molecule has 14 heavy (non-hydrogen) atoms. The predicted molar refractivity (Wildman–Crippen MR) is 48.5 cm³/mol. The molecule has 0 saturated carbocycles. The van der Waals surface area contributed by atoms with Crippen molar-refractivity contribution in [2.75, 3.05) is 20.7 Å². The number of aliphatic carboxylic acids is 1. The highest BCUT2D eigenvalue weighted by Crippen LogP contribution is 1.90. The molecule has 1 atom stereocenters. The zero-order valence-electron chi connectivity index (χ0n) is 8.15. The smallest absolute Gasteiger partial charge is 0.330 e. The molecule has 0 aliphatic carbocycles. The van der Waals surface area contributed by atoms with Gasteiger partial charge >= 0.3 is 12.0 Å². The Morgan fingerprint density at radius 2 is 2.00 bits per heavy atom. The van der Waals surface area contributed by atoms with Crippen LogP contribution in [0.4, 0.5) is 4.79 Å². The van der Waals surface area contributed by atoms with Crippen LogP contribution in [0.15, 0.2) is 0 Å². The first-order valence-electron chi connectivity index (χ1n) is 4.05. The molecule has 0 spiro atoms. The van der Waals surface area contributed by atoms with Crippen LogP contribution in [0.25, 0.3) is 0 Å². The molecule has 0 aliphatic heterocycles. The molecule has 82 valence electrons. The summed E-state index contributed by atoms with van der Waals surface area (Å²) in [6.07, 6.45) is -0.0177. The molecule has 0 heterocycles. The van der Waals surface area contributed by atoms with Gasteiger partial charge in [-0.3, -0.25) is 5.43 Å². The van der Waals surface area contributed by atoms with Crippen LogP contribution in [0.2, 0.25) is 0 Å². The molecule has 0 unspecified atom stereocenters. The number of rotatable bonds is 5. The molecule has 0 aromatic carbocycles. The van der Waals surface area contributed by atoms with Gasteiger partial charge in [0.1, 0.15) is 6.04 Å². The quantitative estimate of drug-likeness (QED) is 0.413. The number of hydrazine groups is 1. The number of carboxylic acid groups (broad SMARTS) is 1. The van der Waals surface area contributed by atoms with E-state index in [9.17, 15) is 9.59 Å². The summed E-state index contributed by atoms with van der Waals surface area (Å²) in [7, 11) is 3.20. The van der Waals surface area contributed by atoms with Crippen LogP contribution in [-0.4, -0.2) is 54.0 Å². The van der Waals surface area contributed by atoms with E-state index in [-0.39, 0.29) is 13.0 Å². The Hall–Kier alpha value is -1.34. The Labute approximate surface area is 81.7 Å². The minimum atomic E-state index is -1.17. The van der Waals surface area contributed by atoms with Gasteiger partial charge < -0.3 is 15.5 Å². The number of urea groups is 1. The second kappa shape index (κ2) is 6.17. The van der Waals surface area contributed by atoms with Crippen LogP contribution < -0.4 is 10.7 Å². The highest BCUT2D eigenvalue weighted by Gasteiger charge is 2.18. The number of aliphatic hydroxyl groups is 1. The van der Waals surface area contributed by atoms with E-state index in [2.05, 4.69) is 10.7 Å². The first-order chi connectivity index (χ1) is 6.47. The SMILES string of the molecule is CN(C)NC(=O)N[C@H](CCO)C(=O)O. The van der Waals surface area contributed by atoms with Gasteiger partial charge in [-0.05, 0) is 0 Å². The first kappa shape index (κ1) is 12.7. The fraction of sp³-hybridized carbons (Fsp3) is 0.714. The van der Waals surface area contributed by atoms with Crippen molar-refractivity contribution < 1.29 is 19.8 Å². The van der Waals surface area contributed by atoms with Gasteiger partial charge in [-0.25, -0.2) is 14.6 Å². The lowest BCUT2D eigenvalue weighted by molar-refractivity contribution is -0.139. The van der Waals surface area contributed by atoms with Crippen molar-refractivity contribution in [2.45, 2.75) is 12.5 Å². The van der Waals surface area contributed by atoms with Crippen LogP contribution >= 0.6 is 0 Å². The molecule has 0 aromatic rings. The lowest BCUT2D eigenvalue weighted by Crippen LogP contribution is -2.50. The molecule has 2 amide bonds. The molecule has 0 radical (unpaired) electrons. The zero-order valence-corrected chi connectivity index (χ0v) is 8.15. The van der Waals surface area contributed by atoms with Crippen molar-refractivity contribution in [3.8, 4) is 0 Å². The van der Waals surface area contributed by atoms with Gasteiger partial charge in [0.2, 0.25) is 0 Å². The molecule has 0 aromatic heterocycles. The number of nitrogens with one attached hydrogen (secondary N) is 2. The number of nitrogens with zero attached hydrogens (tertiary/aromatic N) is 1. The minimum absolute atomic E-state index is 0.0177. The average molecular weight is 205 g/mol. The maximum Gasteiger partial charge on any atom is 0.330 e. The van der Waals surface area contributed by atoms with Crippen LogP contribution in [-0.2, 0) is 4.79 Å². The van der Waals surface area contributed by atoms with Crippen molar-refractivity contribution in [2.24, 2.45) is 0 Å². The third-order valence-electron chi connectivity index (χ3n) is 1.35. The second-order valence-corrected chi connectivity index (χ2v) is 2.88. The van der Waals surface area contributed by atoms with E-state index in [1.165, 1.54) is 5.01 Å². The number of carboxylic acids is 1. The number of carbonyl (C=O) groups is 2. The van der Waals surface area contributed by atoms with E-state index in [1.54, 1.807) is 14.1 Å².